The van der Waals surface area contributed by atoms with Crippen molar-refractivity contribution in [3.8, 4) is 11.5 Å². The van der Waals surface area contributed by atoms with Crippen molar-refractivity contribution in [3.63, 3.8) is 0 Å². The smallest absolute Gasteiger partial charge is 0.390 e. The molecule has 1 aromatic rings. The summed E-state index contributed by atoms with van der Waals surface area (Å²) in [7, 11) is 1.51. The fraction of sp³-hybridized carbons (Fsp3) is 0.562. The van der Waals surface area contributed by atoms with Gasteiger partial charge < -0.3 is 19.5 Å². The van der Waals surface area contributed by atoms with Gasteiger partial charge in [0, 0.05) is 37.2 Å². The first kappa shape index (κ1) is 16.9. The van der Waals surface area contributed by atoms with Gasteiger partial charge in [0.2, 0.25) is 0 Å². The molecule has 1 fully saturated rings. The van der Waals surface area contributed by atoms with E-state index in [1.807, 2.05) is 0 Å². The Hall–Kier alpha value is -1.96. The Kier molecular flexibility index (Phi) is 4.11. The number of aliphatic carboxylic acids is 1. The number of hydrogen-bond donors (Lipinski definition) is 1. The number of likely N-dealkylation sites (tertiary alicyclic amines) is 1. The molecule has 24 heavy (non-hydrogen) atoms. The highest BCUT2D eigenvalue weighted by atomic mass is 19.4. The number of benzene rings is 1. The molecule has 2 atom stereocenters. The predicted molar refractivity (Wildman–Crippen MR) is 78.4 cm³/mol. The number of nitrogens with zero attached hydrogens (tertiary/aromatic N) is 1. The van der Waals surface area contributed by atoms with Crippen LogP contribution >= 0.6 is 0 Å². The molecule has 0 aromatic heterocycles. The van der Waals surface area contributed by atoms with E-state index >= 15 is 0 Å². The van der Waals surface area contributed by atoms with Gasteiger partial charge in [0.25, 0.3) is 0 Å². The number of halogens is 3. The molecule has 1 saturated heterocycles. The van der Waals surface area contributed by atoms with Gasteiger partial charge in [0.1, 0.15) is 23.5 Å². The number of carboxylic acid groups (broad SMARTS) is 1. The summed E-state index contributed by atoms with van der Waals surface area (Å²) in [5.74, 6) is -0.321. The van der Waals surface area contributed by atoms with Crippen molar-refractivity contribution in [2.45, 2.75) is 18.5 Å². The number of methoxy groups -OCH3 is 1. The van der Waals surface area contributed by atoms with Crippen molar-refractivity contribution in [2.75, 3.05) is 33.4 Å². The summed E-state index contributed by atoms with van der Waals surface area (Å²) in [4.78, 5) is 13.4. The summed E-state index contributed by atoms with van der Waals surface area (Å²) < 4.78 is 48.2. The monoisotopic (exact) mass is 345 g/mol. The van der Waals surface area contributed by atoms with E-state index in [2.05, 4.69) is 0 Å². The predicted octanol–water partition coefficient (Wildman–Crippen LogP) is 2.51. The highest BCUT2D eigenvalue weighted by molar-refractivity contribution is 5.78. The molecule has 0 spiro atoms. The second-order valence-corrected chi connectivity index (χ2v) is 6.31. The zero-order chi connectivity index (χ0) is 17.5. The second kappa shape index (κ2) is 5.84. The van der Waals surface area contributed by atoms with Gasteiger partial charge in [-0.2, -0.15) is 13.2 Å². The summed E-state index contributed by atoms with van der Waals surface area (Å²) in [6, 6.07) is 5.13. The maximum Gasteiger partial charge on any atom is 0.390 e. The van der Waals surface area contributed by atoms with E-state index in [1.165, 1.54) is 7.11 Å². The largest absolute Gasteiger partial charge is 0.497 e. The molecule has 0 amide bonds. The van der Waals surface area contributed by atoms with Gasteiger partial charge in [-0.05, 0) is 6.07 Å². The molecule has 0 unspecified atom stereocenters. The van der Waals surface area contributed by atoms with Crippen LogP contribution in [0.1, 0.15) is 17.9 Å². The number of alkyl halides is 3. The zero-order valence-electron chi connectivity index (χ0n) is 13.1. The van der Waals surface area contributed by atoms with Crippen LogP contribution in [0.15, 0.2) is 18.2 Å². The van der Waals surface area contributed by atoms with Crippen LogP contribution in [-0.2, 0) is 4.79 Å². The lowest BCUT2D eigenvalue weighted by atomic mass is 9.73. The third kappa shape index (κ3) is 2.90. The van der Waals surface area contributed by atoms with Crippen LogP contribution in [0.5, 0.6) is 11.5 Å². The van der Waals surface area contributed by atoms with Gasteiger partial charge in [-0.3, -0.25) is 4.79 Å². The fourth-order valence-corrected chi connectivity index (χ4v) is 3.54. The first-order valence-electron chi connectivity index (χ1n) is 7.58. The molecule has 0 aliphatic carbocycles. The van der Waals surface area contributed by atoms with Crippen molar-refractivity contribution in [2.24, 2.45) is 5.41 Å². The summed E-state index contributed by atoms with van der Waals surface area (Å²) in [6.07, 6.45) is -5.21. The molecule has 0 radical (unpaired) electrons. The van der Waals surface area contributed by atoms with E-state index in [0.717, 1.165) is 0 Å². The van der Waals surface area contributed by atoms with E-state index in [1.54, 1.807) is 23.1 Å². The third-order valence-electron chi connectivity index (χ3n) is 4.83. The van der Waals surface area contributed by atoms with Gasteiger partial charge in [0.05, 0.1) is 13.5 Å². The first-order valence-corrected chi connectivity index (χ1v) is 7.58. The lowest BCUT2D eigenvalue weighted by Crippen LogP contribution is -2.45. The van der Waals surface area contributed by atoms with E-state index in [0.29, 0.717) is 17.1 Å². The van der Waals surface area contributed by atoms with Gasteiger partial charge >= 0.3 is 12.1 Å². The lowest BCUT2D eigenvalue weighted by Gasteiger charge is -2.36. The van der Waals surface area contributed by atoms with Crippen molar-refractivity contribution in [3.05, 3.63) is 23.8 Å². The number of fused-ring (bicyclic) bond motifs is 3. The van der Waals surface area contributed by atoms with Crippen LogP contribution in [0.25, 0.3) is 0 Å². The van der Waals surface area contributed by atoms with E-state index in [4.69, 9.17) is 9.47 Å². The summed E-state index contributed by atoms with van der Waals surface area (Å²) in [5.41, 5.74) is -0.508. The number of hydrogen-bond acceptors (Lipinski definition) is 4. The lowest BCUT2D eigenvalue weighted by molar-refractivity contribution is -0.152. The molecule has 2 aliphatic rings. The third-order valence-corrected chi connectivity index (χ3v) is 4.83. The van der Waals surface area contributed by atoms with Crippen LogP contribution in [-0.4, -0.2) is 55.5 Å². The van der Waals surface area contributed by atoms with Crippen molar-refractivity contribution >= 4 is 5.97 Å². The summed E-state index contributed by atoms with van der Waals surface area (Å²) >= 11 is 0. The standard InChI is InChI=1S/C16H18F3NO4/c1-23-10-2-3-11-12-7-20(5-4-16(17,18)19)8-15(12,14(21)22)9-24-13(11)6-10/h2-3,6,12H,4-5,7-9H2,1H3,(H,21,22)/t12-,15-/m1/s1. The number of rotatable bonds is 4. The number of carboxylic acids is 1. The van der Waals surface area contributed by atoms with Gasteiger partial charge in [-0.15, -0.1) is 0 Å². The highest BCUT2D eigenvalue weighted by Crippen LogP contribution is 2.50. The average Bonchev–Trinajstić information content (AvgIpc) is 2.92. The molecule has 5 nitrogen and oxygen atoms in total. The average molecular weight is 345 g/mol. The summed E-state index contributed by atoms with van der Waals surface area (Å²) in [5, 5.41) is 9.72. The Balaban J connectivity index is 1.88. The van der Waals surface area contributed by atoms with Crippen LogP contribution < -0.4 is 9.47 Å². The number of ether oxygens (including phenoxy) is 2. The normalized spacial score (nSPS) is 26.4. The topological polar surface area (TPSA) is 59.0 Å². The van der Waals surface area contributed by atoms with Crippen LogP contribution in [0.3, 0.4) is 0 Å². The summed E-state index contributed by atoms with van der Waals surface area (Å²) in [6.45, 7) is 0.0514. The van der Waals surface area contributed by atoms with Crippen molar-refractivity contribution < 1.29 is 32.5 Å². The molecule has 1 aromatic carbocycles. The molecule has 2 aliphatic heterocycles. The fourth-order valence-electron chi connectivity index (χ4n) is 3.54. The van der Waals surface area contributed by atoms with Crippen molar-refractivity contribution in [1.29, 1.82) is 0 Å². The molecule has 3 rings (SSSR count). The van der Waals surface area contributed by atoms with Crippen LogP contribution in [0.4, 0.5) is 13.2 Å². The quantitative estimate of drug-likeness (QED) is 0.909. The van der Waals surface area contributed by atoms with Gasteiger partial charge in [-0.1, -0.05) is 6.07 Å². The zero-order valence-corrected chi connectivity index (χ0v) is 13.1. The SMILES string of the molecule is COc1ccc2c(c1)OC[C@]1(C(=O)O)CN(CCC(F)(F)F)C[C@H]21. The molecule has 132 valence electrons. The maximum absolute atomic E-state index is 12.5. The molecular weight excluding hydrogens is 327 g/mol. The highest BCUT2D eigenvalue weighted by Gasteiger charge is 2.56. The Morgan fingerprint density at radius 2 is 2.25 bits per heavy atom. The van der Waals surface area contributed by atoms with Gasteiger partial charge in [0.15, 0.2) is 0 Å². The Morgan fingerprint density at radius 3 is 2.88 bits per heavy atom. The van der Waals surface area contributed by atoms with Gasteiger partial charge in [-0.25, -0.2) is 0 Å². The molecular formula is C16H18F3NO4. The number of carbonyl (C=O) groups is 1. The maximum atomic E-state index is 12.5. The molecule has 1 N–H and O–H groups in total. The van der Waals surface area contributed by atoms with E-state index < -0.39 is 29.9 Å². The Bertz CT molecular complexity index is 649. The first-order chi connectivity index (χ1) is 11.2. The van der Waals surface area contributed by atoms with E-state index in [-0.39, 0.29) is 26.2 Å². The molecule has 8 heteroatoms. The minimum Gasteiger partial charge on any atom is -0.497 e. The molecule has 2 heterocycles. The van der Waals surface area contributed by atoms with E-state index in [9.17, 15) is 23.1 Å². The Labute approximate surface area is 137 Å². The Morgan fingerprint density at radius 1 is 1.50 bits per heavy atom. The minimum atomic E-state index is -4.26. The molecule has 0 saturated carbocycles. The van der Waals surface area contributed by atoms with Crippen molar-refractivity contribution in [1.82, 2.24) is 4.90 Å². The van der Waals surface area contributed by atoms with Crippen LogP contribution in [0.2, 0.25) is 0 Å². The molecule has 0 bridgehead atoms. The minimum absolute atomic E-state index is 0.0501. The van der Waals surface area contributed by atoms with Crippen LogP contribution in [0, 0.1) is 5.41 Å². The second-order valence-electron chi connectivity index (χ2n) is 6.31.